The number of thiocarbonyl (C=S) groups is 1. The van der Waals surface area contributed by atoms with Gasteiger partial charge in [-0.05, 0) is 38.0 Å². The molecule has 2 fully saturated rings. The monoisotopic (exact) mass is 298 g/mol. The Morgan fingerprint density at radius 1 is 1.30 bits per heavy atom. The minimum atomic E-state index is -0.682. The van der Waals surface area contributed by atoms with Crippen molar-refractivity contribution >= 4 is 23.1 Å². The fourth-order valence-electron chi connectivity index (χ4n) is 3.54. The molecule has 2 saturated heterocycles. The smallest absolute Gasteiger partial charge is 0.236 e. The summed E-state index contributed by atoms with van der Waals surface area (Å²) >= 11 is 5.25. The quantitative estimate of drug-likeness (QED) is 0.792. The lowest BCUT2D eigenvalue weighted by Gasteiger charge is -2.46. The summed E-state index contributed by atoms with van der Waals surface area (Å²) in [6.07, 6.45) is 2.41. The van der Waals surface area contributed by atoms with Gasteiger partial charge in [0.25, 0.3) is 0 Å². The number of hydrogen-bond donors (Lipinski definition) is 1. The van der Waals surface area contributed by atoms with E-state index in [1.54, 1.807) is 0 Å². The molecule has 3 atom stereocenters. The molecular weight excluding hydrogens is 272 g/mol. The molecule has 114 valence electrons. The molecule has 0 spiro atoms. The second-order valence-corrected chi connectivity index (χ2v) is 7.01. The summed E-state index contributed by atoms with van der Waals surface area (Å²) in [5, 5.41) is 0. The molecule has 2 heterocycles. The molecule has 4 nitrogen and oxygen atoms in total. The number of carbonyl (C=O) groups excluding carboxylic acids is 1. The molecule has 3 unspecified atom stereocenters. The van der Waals surface area contributed by atoms with Crippen LogP contribution in [0.3, 0.4) is 0 Å². The normalized spacial score (nSPS) is 33.8. The summed E-state index contributed by atoms with van der Waals surface area (Å²) in [4.78, 5) is 15.5. The van der Waals surface area contributed by atoms with Crippen molar-refractivity contribution in [1.82, 2.24) is 4.90 Å². The van der Waals surface area contributed by atoms with Crippen LogP contribution in [-0.2, 0) is 9.53 Å². The molecule has 2 rings (SSSR count). The number of ether oxygens (including phenoxy) is 1. The number of amides is 1. The number of piperidine rings is 1. The fraction of sp³-hybridized carbons (Fsp3) is 0.867. The van der Waals surface area contributed by atoms with Gasteiger partial charge in [-0.3, -0.25) is 4.79 Å². The number of carbonyl (C=O) groups is 1. The zero-order valence-corrected chi connectivity index (χ0v) is 13.5. The lowest BCUT2D eigenvalue weighted by molar-refractivity contribution is -0.148. The standard InChI is InChI=1S/C15H26N2O2S/c1-10-8-11(2)12(3)17(9-10)14(18)15(13(16)20)4-6-19-7-5-15/h10-12H,4-9H2,1-3H3,(H2,16,20). The summed E-state index contributed by atoms with van der Waals surface area (Å²) in [6, 6.07) is 0.257. The maximum absolute atomic E-state index is 13.1. The van der Waals surface area contributed by atoms with Crippen LogP contribution in [0.5, 0.6) is 0 Å². The highest BCUT2D eigenvalue weighted by molar-refractivity contribution is 7.80. The molecule has 0 saturated carbocycles. The second-order valence-electron chi connectivity index (χ2n) is 6.58. The Labute approximate surface area is 127 Å². The van der Waals surface area contributed by atoms with Crippen LogP contribution in [0.2, 0.25) is 0 Å². The number of nitrogens with zero attached hydrogens (tertiary/aromatic N) is 1. The second kappa shape index (κ2) is 5.98. The zero-order valence-electron chi connectivity index (χ0n) is 12.7. The highest BCUT2D eigenvalue weighted by Gasteiger charge is 2.47. The van der Waals surface area contributed by atoms with Gasteiger partial charge in [0.1, 0.15) is 5.41 Å². The van der Waals surface area contributed by atoms with Crippen LogP contribution >= 0.6 is 12.2 Å². The molecule has 2 N–H and O–H groups in total. The van der Waals surface area contributed by atoms with Gasteiger partial charge < -0.3 is 15.4 Å². The molecular formula is C15H26N2O2S. The lowest BCUT2D eigenvalue weighted by atomic mass is 9.76. The lowest BCUT2D eigenvalue weighted by Crippen LogP contribution is -2.58. The van der Waals surface area contributed by atoms with Crippen molar-refractivity contribution in [2.45, 2.75) is 46.1 Å². The molecule has 0 aromatic heterocycles. The summed E-state index contributed by atoms with van der Waals surface area (Å²) in [5.41, 5.74) is 5.27. The van der Waals surface area contributed by atoms with E-state index in [1.165, 1.54) is 6.42 Å². The molecule has 0 radical (unpaired) electrons. The number of hydrogen-bond acceptors (Lipinski definition) is 3. The van der Waals surface area contributed by atoms with E-state index in [0.717, 1.165) is 6.54 Å². The average Bonchev–Trinajstić information content (AvgIpc) is 2.42. The number of nitrogens with two attached hydrogens (primary N) is 1. The van der Waals surface area contributed by atoms with Crippen LogP contribution < -0.4 is 5.73 Å². The van der Waals surface area contributed by atoms with Gasteiger partial charge in [0.05, 0.1) is 4.99 Å². The van der Waals surface area contributed by atoms with E-state index in [4.69, 9.17) is 22.7 Å². The van der Waals surface area contributed by atoms with Gasteiger partial charge in [0, 0.05) is 25.8 Å². The van der Waals surface area contributed by atoms with Gasteiger partial charge in [-0.1, -0.05) is 26.1 Å². The number of rotatable bonds is 2. The summed E-state index contributed by atoms with van der Waals surface area (Å²) < 4.78 is 5.40. The Morgan fingerprint density at radius 2 is 1.90 bits per heavy atom. The zero-order chi connectivity index (χ0) is 14.9. The van der Waals surface area contributed by atoms with Gasteiger partial charge in [0.2, 0.25) is 5.91 Å². The van der Waals surface area contributed by atoms with Crippen molar-refractivity contribution in [1.29, 1.82) is 0 Å². The predicted molar refractivity (Wildman–Crippen MR) is 83.4 cm³/mol. The molecule has 2 aliphatic heterocycles. The van der Waals surface area contributed by atoms with Crippen molar-refractivity contribution < 1.29 is 9.53 Å². The van der Waals surface area contributed by atoms with E-state index in [1.807, 2.05) is 4.90 Å². The Bertz CT molecular complexity index is 393. The van der Waals surface area contributed by atoms with Crippen LogP contribution in [0.25, 0.3) is 0 Å². The molecule has 1 amide bonds. The van der Waals surface area contributed by atoms with Crippen molar-refractivity contribution in [3.05, 3.63) is 0 Å². The Hall–Kier alpha value is -0.680. The number of likely N-dealkylation sites (tertiary alicyclic amines) is 1. The van der Waals surface area contributed by atoms with Crippen molar-refractivity contribution in [3.63, 3.8) is 0 Å². The highest BCUT2D eigenvalue weighted by atomic mass is 32.1. The third-order valence-electron chi connectivity index (χ3n) is 5.09. The SMILES string of the molecule is CC1CC(C)C(C)N(C(=O)C2(C(N)=S)CCOCC2)C1. The summed E-state index contributed by atoms with van der Waals surface area (Å²) in [7, 11) is 0. The largest absolute Gasteiger partial charge is 0.392 e. The van der Waals surface area contributed by atoms with Crippen LogP contribution in [0.15, 0.2) is 0 Å². The van der Waals surface area contributed by atoms with Crippen LogP contribution in [0.1, 0.15) is 40.0 Å². The molecule has 20 heavy (non-hydrogen) atoms. The van der Waals surface area contributed by atoms with E-state index in [-0.39, 0.29) is 11.9 Å². The van der Waals surface area contributed by atoms with Gasteiger partial charge in [0.15, 0.2) is 0 Å². The topological polar surface area (TPSA) is 55.6 Å². The first-order chi connectivity index (χ1) is 9.38. The van der Waals surface area contributed by atoms with E-state index < -0.39 is 5.41 Å². The van der Waals surface area contributed by atoms with E-state index in [9.17, 15) is 4.79 Å². The van der Waals surface area contributed by atoms with E-state index >= 15 is 0 Å². The first kappa shape index (κ1) is 15.7. The van der Waals surface area contributed by atoms with Gasteiger partial charge in [-0.2, -0.15) is 0 Å². The van der Waals surface area contributed by atoms with Crippen LogP contribution in [0, 0.1) is 17.3 Å². The van der Waals surface area contributed by atoms with E-state index in [0.29, 0.717) is 42.9 Å². The molecule has 0 bridgehead atoms. The maximum atomic E-state index is 13.1. The molecule has 0 aliphatic carbocycles. The molecule has 0 aromatic rings. The molecule has 0 aromatic carbocycles. The van der Waals surface area contributed by atoms with Gasteiger partial charge >= 0.3 is 0 Å². The van der Waals surface area contributed by atoms with Gasteiger partial charge in [-0.15, -0.1) is 0 Å². The fourth-order valence-corrected chi connectivity index (χ4v) is 3.84. The minimum Gasteiger partial charge on any atom is -0.392 e. The predicted octanol–water partition coefficient (Wildman–Crippen LogP) is 1.96. The summed E-state index contributed by atoms with van der Waals surface area (Å²) in [6.45, 7) is 8.52. The Balaban J connectivity index is 2.25. The third kappa shape index (κ3) is 2.70. The van der Waals surface area contributed by atoms with Crippen LogP contribution in [0.4, 0.5) is 0 Å². The first-order valence-electron chi connectivity index (χ1n) is 7.57. The maximum Gasteiger partial charge on any atom is 0.236 e. The minimum absolute atomic E-state index is 0.124. The van der Waals surface area contributed by atoms with Crippen molar-refractivity contribution in [2.24, 2.45) is 23.0 Å². The Kier molecular flexibility index (Phi) is 4.69. The molecule has 2 aliphatic rings. The highest BCUT2D eigenvalue weighted by Crippen LogP contribution is 2.37. The third-order valence-corrected chi connectivity index (χ3v) is 5.48. The molecule has 5 heteroatoms. The van der Waals surface area contributed by atoms with Crippen LogP contribution in [-0.4, -0.2) is 41.6 Å². The first-order valence-corrected chi connectivity index (χ1v) is 7.98. The summed E-state index contributed by atoms with van der Waals surface area (Å²) in [5.74, 6) is 1.18. The average molecular weight is 298 g/mol. The van der Waals surface area contributed by atoms with Gasteiger partial charge in [-0.25, -0.2) is 0 Å². The van der Waals surface area contributed by atoms with Crippen molar-refractivity contribution in [2.75, 3.05) is 19.8 Å². The van der Waals surface area contributed by atoms with Crippen molar-refractivity contribution in [3.8, 4) is 0 Å². The Morgan fingerprint density at radius 3 is 2.45 bits per heavy atom. The van der Waals surface area contributed by atoms with E-state index in [2.05, 4.69) is 20.8 Å².